The number of aliphatic imine (C=N–C) groups is 1. The molecule has 0 saturated heterocycles. The third kappa shape index (κ3) is 6.98. The fourth-order valence-corrected chi connectivity index (χ4v) is 6.32. The Morgan fingerprint density at radius 1 is 0.959 bits per heavy atom. The molecule has 0 bridgehead atoms. The van der Waals surface area contributed by atoms with Crippen LogP contribution in [0.5, 0.6) is 0 Å². The first kappa shape index (κ1) is 33.6. The normalized spacial score (nSPS) is 13.7. The highest BCUT2D eigenvalue weighted by Crippen LogP contribution is 2.27. The van der Waals surface area contributed by atoms with Crippen LogP contribution in [0.1, 0.15) is 63.6 Å². The van der Waals surface area contributed by atoms with Crippen LogP contribution in [0.15, 0.2) is 75.5 Å². The average Bonchev–Trinajstić information content (AvgIpc) is 3.57. The van der Waals surface area contributed by atoms with E-state index >= 15 is 0 Å². The van der Waals surface area contributed by atoms with Crippen molar-refractivity contribution in [2.75, 3.05) is 38.3 Å². The molecule has 3 aromatic heterocycles. The first-order chi connectivity index (χ1) is 23.8. The van der Waals surface area contributed by atoms with Crippen molar-refractivity contribution in [1.82, 2.24) is 24.0 Å². The summed E-state index contributed by atoms with van der Waals surface area (Å²) in [6, 6.07) is 13.6. The van der Waals surface area contributed by atoms with Crippen molar-refractivity contribution in [1.29, 1.82) is 0 Å². The molecule has 0 aliphatic carbocycles. The predicted octanol–water partition coefficient (Wildman–Crippen LogP) is 3.80. The van der Waals surface area contributed by atoms with E-state index in [0.29, 0.717) is 86.1 Å². The van der Waals surface area contributed by atoms with Gasteiger partial charge in [-0.15, -0.1) is 0 Å². The monoisotopic (exact) mass is 667 g/mol. The molecule has 13 heteroatoms. The summed E-state index contributed by atoms with van der Waals surface area (Å²) in [5.74, 6) is -0.434. The molecule has 0 spiro atoms. The van der Waals surface area contributed by atoms with Crippen molar-refractivity contribution in [2.45, 2.75) is 52.1 Å². The highest BCUT2D eigenvalue weighted by molar-refractivity contribution is 6.07. The maximum absolute atomic E-state index is 13.7. The summed E-state index contributed by atoms with van der Waals surface area (Å²) < 4.78 is 21.6. The van der Waals surface area contributed by atoms with E-state index in [2.05, 4.69) is 9.97 Å². The van der Waals surface area contributed by atoms with Gasteiger partial charge in [0.2, 0.25) is 5.95 Å². The van der Waals surface area contributed by atoms with E-state index in [0.717, 1.165) is 18.1 Å². The molecule has 49 heavy (non-hydrogen) atoms. The number of carbonyl (C=O) groups excluding carboxylic acids is 2. The zero-order valence-corrected chi connectivity index (χ0v) is 27.6. The van der Waals surface area contributed by atoms with Crippen LogP contribution in [0.25, 0.3) is 0 Å². The van der Waals surface area contributed by atoms with E-state index < -0.39 is 11.9 Å². The molecule has 6 rings (SSSR count). The Morgan fingerprint density at radius 3 is 2.53 bits per heavy atom. The second kappa shape index (κ2) is 14.9. The molecule has 2 amide bonds. The first-order valence-electron chi connectivity index (χ1n) is 16.5. The SMILES string of the molecule is CCCn1c(=O)c2c(n(CCCOC)c1=O)N=C(c1ccc(N(CCCN3CCc4ccccc4C3=O)C(=O)c3ccc(F)nc3)nc1)C2. The van der Waals surface area contributed by atoms with Crippen molar-refractivity contribution >= 4 is 29.2 Å². The molecule has 0 N–H and O–H groups in total. The van der Waals surface area contributed by atoms with E-state index in [1.807, 2.05) is 31.2 Å². The maximum atomic E-state index is 13.7. The van der Waals surface area contributed by atoms with Crippen LogP contribution in [0.4, 0.5) is 16.0 Å². The van der Waals surface area contributed by atoms with Gasteiger partial charge in [-0.1, -0.05) is 25.1 Å². The van der Waals surface area contributed by atoms with E-state index in [1.54, 1.807) is 34.9 Å². The van der Waals surface area contributed by atoms with Crippen LogP contribution in [-0.4, -0.2) is 74.9 Å². The number of amides is 2. The Morgan fingerprint density at radius 2 is 1.80 bits per heavy atom. The van der Waals surface area contributed by atoms with Crippen molar-refractivity contribution < 1.29 is 18.7 Å². The highest BCUT2D eigenvalue weighted by Gasteiger charge is 2.28. The lowest BCUT2D eigenvalue weighted by atomic mass is 9.99. The lowest BCUT2D eigenvalue weighted by Gasteiger charge is -2.29. The third-order valence-corrected chi connectivity index (χ3v) is 8.83. The van der Waals surface area contributed by atoms with Gasteiger partial charge in [0.25, 0.3) is 17.4 Å². The minimum absolute atomic E-state index is 0.0335. The van der Waals surface area contributed by atoms with Crippen LogP contribution in [0.3, 0.4) is 0 Å². The molecule has 12 nitrogen and oxygen atoms in total. The summed E-state index contributed by atoms with van der Waals surface area (Å²) in [5.41, 5.74) is 2.89. The lowest BCUT2D eigenvalue weighted by molar-refractivity contribution is 0.0738. The predicted molar refractivity (Wildman–Crippen MR) is 182 cm³/mol. The Hall–Kier alpha value is -5.30. The Balaban J connectivity index is 1.24. The van der Waals surface area contributed by atoms with Crippen LogP contribution < -0.4 is 16.1 Å². The molecule has 2 aliphatic heterocycles. The van der Waals surface area contributed by atoms with Gasteiger partial charge in [0, 0.05) is 76.4 Å². The van der Waals surface area contributed by atoms with Gasteiger partial charge in [0.05, 0.1) is 16.8 Å². The Bertz CT molecular complexity index is 2000. The number of hydrogen-bond donors (Lipinski definition) is 0. The zero-order chi connectivity index (χ0) is 34.5. The number of methoxy groups -OCH3 is 1. The molecular weight excluding hydrogens is 629 g/mol. The zero-order valence-electron chi connectivity index (χ0n) is 27.6. The van der Waals surface area contributed by atoms with Gasteiger partial charge in [0.1, 0.15) is 11.6 Å². The van der Waals surface area contributed by atoms with Gasteiger partial charge in [-0.25, -0.2) is 19.8 Å². The molecule has 254 valence electrons. The number of aromatic nitrogens is 4. The molecule has 5 heterocycles. The maximum Gasteiger partial charge on any atom is 0.332 e. The van der Waals surface area contributed by atoms with Gasteiger partial charge >= 0.3 is 5.69 Å². The number of rotatable bonds is 13. The molecule has 1 aromatic carbocycles. The summed E-state index contributed by atoms with van der Waals surface area (Å²) in [7, 11) is 1.60. The molecular formula is C36H38FN7O5. The fraction of sp³-hybridized carbons (Fsp3) is 0.361. The summed E-state index contributed by atoms with van der Waals surface area (Å²) in [5, 5.41) is 0. The third-order valence-electron chi connectivity index (χ3n) is 8.83. The molecule has 0 radical (unpaired) electrons. The quantitative estimate of drug-likeness (QED) is 0.157. The minimum atomic E-state index is -0.696. The van der Waals surface area contributed by atoms with E-state index in [4.69, 9.17) is 9.73 Å². The number of anilines is 1. The van der Waals surface area contributed by atoms with Crippen molar-refractivity contribution in [3.05, 3.63) is 116 Å². The molecule has 0 fully saturated rings. The van der Waals surface area contributed by atoms with E-state index in [9.17, 15) is 23.6 Å². The summed E-state index contributed by atoms with van der Waals surface area (Å²) >= 11 is 0. The standard InChI is InChI=1S/C36H38FN7O5/c1-3-15-44-35(47)28-21-29(40-32(28)43(36(44)48)18-7-20-49-2)25-11-13-31(39-22-25)42(33(45)26-10-12-30(37)38-23-26)17-6-16-41-19-14-24-8-4-5-9-27(24)34(41)46/h4-5,8-13,22-23H,3,6-7,14-21H2,1-2H3. The topological polar surface area (TPSA) is 132 Å². The van der Waals surface area contributed by atoms with Crippen molar-refractivity contribution in [2.24, 2.45) is 4.99 Å². The Labute approximate surface area is 282 Å². The van der Waals surface area contributed by atoms with Crippen molar-refractivity contribution in [3.8, 4) is 0 Å². The van der Waals surface area contributed by atoms with E-state index in [-0.39, 0.29) is 35.7 Å². The van der Waals surface area contributed by atoms with Gasteiger partial charge < -0.3 is 9.64 Å². The highest BCUT2D eigenvalue weighted by atomic mass is 19.1. The fourth-order valence-electron chi connectivity index (χ4n) is 6.32. The Kier molecular flexibility index (Phi) is 10.2. The first-order valence-corrected chi connectivity index (χ1v) is 16.5. The number of fused-ring (bicyclic) bond motifs is 2. The van der Waals surface area contributed by atoms with Gasteiger partial charge in [-0.05, 0) is 61.6 Å². The van der Waals surface area contributed by atoms with Gasteiger partial charge in [0.15, 0.2) is 0 Å². The largest absolute Gasteiger partial charge is 0.385 e. The average molecular weight is 668 g/mol. The number of ether oxygens (including phenoxy) is 1. The molecule has 0 atom stereocenters. The molecule has 0 unspecified atom stereocenters. The van der Waals surface area contributed by atoms with Gasteiger partial charge in [-0.3, -0.25) is 28.4 Å². The summed E-state index contributed by atoms with van der Waals surface area (Å²) in [4.78, 5) is 69.7. The lowest BCUT2D eigenvalue weighted by Crippen LogP contribution is -2.41. The second-order valence-corrected chi connectivity index (χ2v) is 12.1. The number of halogens is 1. The van der Waals surface area contributed by atoms with Crippen molar-refractivity contribution in [3.63, 3.8) is 0 Å². The second-order valence-electron chi connectivity index (χ2n) is 12.1. The molecule has 4 aromatic rings. The van der Waals surface area contributed by atoms with Crippen LogP contribution in [0.2, 0.25) is 0 Å². The van der Waals surface area contributed by atoms with Crippen LogP contribution in [0, 0.1) is 5.95 Å². The van der Waals surface area contributed by atoms with Crippen LogP contribution in [-0.2, 0) is 30.7 Å². The molecule has 2 aliphatic rings. The number of nitrogens with zero attached hydrogens (tertiary/aromatic N) is 7. The summed E-state index contributed by atoms with van der Waals surface area (Å²) in [6.45, 7) is 4.31. The van der Waals surface area contributed by atoms with Crippen LogP contribution >= 0.6 is 0 Å². The van der Waals surface area contributed by atoms with E-state index in [1.165, 1.54) is 21.7 Å². The number of hydrogen-bond acceptors (Lipinski definition) is 8. The minimum Gasteiger partial charge on any atom is -0.385 e. The summed E-state index contributed by atoms with van der Waals surface area (Å²) in [6.07, 6.45) is 5.47. The number of benzene rings is 1. The number of pyridine rings is 2. The molecule has 0 saturated carbocycles. The number of carbonyl (C=O) groups is 2. The smallest absolute Gasteiger partial charge is 0.332 e. The van der Waals surface area contributed by atoms with Gasteiger partial charge in [-0.2, -0.15) is 4.39 Å².